The van der Waals surface area contributed by atoms with Gasteiger partial charge in [-0.15, -0.1) is 11.3 Å². The van der Waals surface area contributed by atoms with Crippen molar-refractivity contribution in [2.45, 2.75) is 52.5 Å². The molecule has 1 heterocycles. The smallest absolute Gasteiger partial charge is 0.243 e. The van der Waals surface area contributed by atoms with Gasteiger partial charge in [0.15, 0.2) is 0 Å². The van der Waals surface area contributed by atoms with Crippen molar-refractivity contribution in [1.29, 1.82) is 0 Å². The molecule has 0 atom stereocenters. The van der Waals surface area contributed by atoms with E-state index in [9.17, 15) is 8.42 Å². The average Bonchev–Trinajstić information content (AvgIpc) is 2.93. The molecule has 0 fully saturated rings. The highest BCUT2D eigenvalue weighted by Crippen LogP contribution is 2.29. The molecule has 0 aliphatic carbocycles. The van der Waals surface area contributed by atoms with E-state index >= 15 is 0 Å². The molecule has 0 bridgehead atoms. The molecule has 23 heavy (non-hydrogen) atoms. The van der Waals surface area contributed by atoms with Crippen LogP contribution in [-0.2, 0) is 23.0 Å². The third kappa shape index (κ3) is 3.49. The second kappa shape index (κ2) is 6.71. The molecule has 6 heteroatoms. The monoisotopic (exact) mass is 352 g/mol. The van der Waals surface area contributed by atoms with Gasteiger partial charge >= 0.3 is 0 Å². The lowest BCUT2D eigenvalue weighted by atomic mass is 10.0. The van der Waals surface area contributed by atoms with Crippen molar-refractivity contribution in [3.63, 3.8) is 0 Å². The fourth-order valence-electron chi connectivity index (χ4n) is 2.61. The molecule has 0 amide bonds. The van der Waals surface area contributed by atoms with Crippen molar-refractivity contribution >= 4 is 21.4 Å². The zero-order chi connectivity index (χ0) is 17.4. The zero-order valence-corrected chi connectivity index (χ0v) is 16.2. The van der Waals surface area contributed by atoms with Crippen LogP contribution < -0.4 is 0 Å². The van der Waals surface area contributed by atoms with Crippen molar-refractivity contribution in [2.75, 3.05) is 7.05 Å². The Morgan fingerprint density at radius 3 is 2.17 bits per heavy atom. The van der Waals surface area contributed by atoms with E-state index in [4.69, 9.17) is 0 Å². The number of hydrogen-bond acceptors (Lipinski definition) is 4. The lowest BCUT2D eigenvalue weighted by Gasteiger charge is -2.21. The van der Waals surface area contributed by atoms with Crippen LogP contribution in [-0.4, -0.2) is 24.8 Å². The maximum Gasteiger partial charge on any atom is 0.243 e. The van der Waals surface area contributed by atoms with Gasteiger partial charge in [-0.05, 0) is 56.4 Å². The molecule has 0 radical (unpaired) electrons. The van der Waals surface area contributed by atoms with Gasteiger partial charge in [0.25, 0.3) is 0 Å². The minimum atomic E-state index is -3.53. The molecule has 0 N–H and O–H groups in total. The minimum Gasteiger partial charge on any atom is -0.249 e. The molecule has 0 aliphatic rings. The average molecular weight is 353 g/mol. The van der Waals surface area contributed by atoms with Crippen LogP contribution in [0.4, 0.5) is 0 Å². The van der Waals surface area contributed by atoms with Crippen LogP contribution in [0.2, 0.25) is 0 Å². The highest BCUT2D eigenvalue weighted by Gasteiger charge is 2.27. The third-order valence-electron chi connectivity index (χ3n) is 4.25. The van der Waals surface area contributed by atoms with Crippen molar-refractivity contribution in [2.24, 2.45) is 0 Å². The summed E-state index contributed by atoms with van der Waals surface area (Å²) >= 11 is 1.57. The maximum atomic E-state index is 13.1. The fraction of sp³-hybridized carbons (Fsp3) is 0.471. The van der Waals surface area contributed by atoms with E-state index in [0.717, 1.165) is 38.6 Å². The number of benzene rings is 1. The maximum absolute atomic E-state index is 13.1. The highest BCUT2D eigenvalue weighted by molar-refractivity contribution is 7.89. The lowest BCUT2D eigenvalue weighted by molar-refractivity contribution is 0.468. The van der Waals surface area contributed by atoms with Gasteiger partial charge < -0.3 is 0 Å². The quantitative estimate of drug-likeness (QED) is 0.823. The number of thiazole rings is 1. The van der Waals surface area contributed by atoms with Crippen LogP contribution in [0.5, 0.6) is 0 Å². The van der Waals surface area contributed by atoms with E-state index in [0.29, 0.717) is 11.4 Å². The van der Waals surface area contributed by atoms with Gasteiger partial charge in [0.1, 0.15) is 0 Å². The first kappa shape index (κ1) is 18.1. The Morgan fingerprint density at radius 2 is 1.70 bits per heavy atom. The summed E-state index contributed by atoms with van der Waals surface area (Å²) in [5.74, 6) is 0. The summed E-state index contributed by atoms with van der Waals surface area (Å²) in [4.78, 5) is 5.71. The SMILES string of the molecule is CCc1ncc(CN(C)S(=O)(=O)c2c(C)c(C)cc(C)c2C)s1. The third-order valence-corrected chi connectivity index (χ3v) is 7.45. The first-order valence-electron chi connectivity index (χ1n) is 7.65. The van der Waals surface area contributed by atoms with Crippen molar-refractivity contribution in [3.8, 4) is 0 Å². The Labute approximate surface area is 143 Å². The Kier molecular flexibility index (Phi) is 5.28. The summed E-state index contributed by atoms with van der Waals surface area (Å²) in [6.45, 7) is 10.1. The van der Waals surface area contributed by atoms with Crippen LogP contribution in [0.3, 0.4) is 0 Å². The van der Waals surface area contributed by atoms with E-state index in [-0.39, 0.29) is 0 Å². The summed E-state index contributed by atoms with van der Waals surface area (Å²) in [6, 6.07) is 2.04. The molecule has 2 aromatic rings. The van der Waals surface area contributed by atoms with Crippen molar-refractivity contribution in [3.05, 3.63) is 44.4 Å². The normalized spacial score (nSPS) is 12.1. The predicted octanol–water partition coefficient (Wildman–Crippen LogP) is 3.76. The molecule has 0 saturated carbocycles. The Bertz CT molecular complexity index is 797. The second-order valence-electron chi connectivity index (χ2n) is 5.92. The highest BCUT2D eigenvalue weighted by atomic mass is 32.2. The van der Waals surface area contributed by atoms with Crippen LogP contribution in [0.25, 0.3) is 0 Å². The summed E-state index contributed by atoms with van der Waals surface area (Å²) < 4.78 is 27.6. The summed E-state index contributed by atoms with van der Waals surface area (Å²) in [6.07, 6.45) is 2.65. The number of sulfonamides is 1. The molecule has 126 valence electrons. The van der Waals surface area contributed by atoms with Crippen LogP contribution >= 0.6 is 11.3 Å². The van der Waals surface area contributed by atoms with E-state index < -0.39 is 10.0 Å². The van der Waals surface area contributed by atoms with E-state index in [1.54, 1.807) is 24.6 Å². The number of hydrogen-bond donors (Lipinski definition) is 0. The fourth-order valence-corrected chi connectivity index (χ4v) is 5.33. The standard InChI is InChI=1S/C17H24N2O2S2/c1-7-16-18-9-15(22-16)10-19(6)23(20,21)17-13(4)11(2)8-12(3)14(17)5/h8-9H,7,10H2,1-6H3. The lowest BCUT2D eigenvalue weighted by Crippen LogP contribution is -2.28. The number of aryl methyl sites for hydroxylation is 3. The largest absolute Gasteiger partial charge is 0.249 e. The van der Waals surface area contributed by atoms with E-state index in [1.165, 1.54) is 4.31 Å². The van der Waals surface area contributed by atoms with Gasteiger partial charge in [0.2, 0.25) is 10.0 Å². The number of rotatable bonds is 5. The van der Waals surface area contributed by atoms with Gasteiger partial charge in [0, 0.05) is 24.7 Å². The molecular weight excluding hydrogens is 328 g/mol. The Balaban J connectivity index is 2.42. The first-order chi connectivity index (χ1) is 10.7. The summed E-state index contributed by atoms with van der Waals surface area (Å²) in [5, 5.41) is 1.03. The molecule has 1 aromatic heterocycles. The molecule has 0 saturated heterocycles. The molecule has 4 nitrogen and oxygen atoms in total. The topological polar surface area (TPSA) is 50.3 Å². The summed E-state index contributed by atoms with van der Waals surface area (Å²) in [7, 11) is -1.89. The van der Waals surface area contributed by atoms with Crippen LogP contribution in [0.15, 0.2) is 17.2 Å². The van der Waals surface area contributed by atoms with E-state index in [1.807, 2.05) is 40.7 Å². The molecule has 0 aliphatic heterocycles. The van der Waals surface area contributed by atoms with Crippen molar-refractivity contribution < 1.29 is 8.42 Å². The first-order valence-corrected chi connectivity index (χ1v) is 9.91. The Morgan fingerprint density at radius 1 is 1.13 bits per heavy atom. The molecular formula is C17H24N2O2S2. The van der Waals surface area contributed by atoms with Crippen LogP contribution in [0.1, 0.15) is 39.1 Å². The second-order valence-corrected chi connectivity index (χ2v) is 9.11. The number of nitrogens with zero attached hydrogens (tertiary/aromatic N) is 2. The van der Waals surface area contributed by atoms with Crippen molar-refractivity contribution in [1.82, 2.24) is 9.29 Å². The molecule has 1 aromatic carbocycles. The van der Waals surface area contributed by atoms with Gasteiger partial charge in [-0.1, -0.05) is 13.0 Å². The predicted molar refractivity (Wildman–Crippen MR) is 95.5 cm³/mol. The van der Waals surface area contributed by atoms with E-state index in [2.05, 4.69) is 4.98 Å². The zero-order valence-electron chi connectivity index (χ0n) is 14.6. The molecule has 0 spiro atoms. The number of aromatic nitrogens is 1. The summed E-state index contributed by atoms with van der Waals surface area (Å²) in [5.41, 5.74) is 3.68. The van der Waals surface area contributed by atoms with Gasteiger partial charge in [-0.2, -0.15) is 4.31 Å². The molecule has 2 rings (SSSR count). The van der Waals surface area contributed by atoms with Gasteiger partial charge in [0.05, 0.1) is 9.90 Å². The molecule has 0 unspecified atom stereocenters. The van der Waals surface area contributed by atoms with Gasteiger partial charge in [-0.3, -0.25) is 0 Å². The minimum absolute atomic E-state index is 0.353. The Hall–Kier alpha value is -1.24. The van der Waals surface area contributed by atoms with Gasteiger partial charge in [-0.25, -0.2) is 13.4 Å². The van der Waals surface area contributed by atoms with Crippen LogP contribution in [0, 0.1) is 27.7 Å².